The molecule has 0 heterocycles. The number of halogens is 3. The summed E-state index contributed by atoms with van der Waals surface area (Å²) >= 11 is 0. The first-order valence-electron chi connectivity index (χ1n) is 11.8. The highest BCUT2D eigenvalue weighted by molar-refractivity contribution is 5.88. The van der Waals surface area contributed by atoms with E-state index in [4.69, 9.17) is 10.00 Å². The lowest BCUT2D eigenvalue weighted by Crippen LogP contribution is -1.99. The third-order valence-corrected chi connectivity index (χ3v) is 6.14. The van der Waals surface area contributed by atoms with E-state index in [1.807, 2.05) is 42.5 Å². The van der Waals surface area contributed by atoms with Crippen molar-refractivity contribution in [1.29, 1.82) is 5.26 Å². The number of nitriles is 1. The second kappa shape index (κ2) is 11.1. The molecule has 0 saturated carbocycles. The van der Waals surface area contributed by atoms with Crippen molar-refractivity contribution in [2.75, 3.05) is 6.61 Å². The molecule has 4 aromatic rings. The van der Waals surface area contributed by atoms with Gasteiger partial charge in [-0.15, -0.1) is 0 Å². The zero-order valence-electron chi connectivity index (χ0n) is 19.6. The van der Waals surface area contributed by atoms with Crippen molar-refractivity contribution in [3.63, 3.8) is 0 Å². The average Bonchev–Trinajstić information content (AvgIpc) is 2.86. The van der Waals surface area contributed by atoms with Gasteiger partial charge < -0.3 is 4.74 Å². The molecule has 0 bridgehead atoms. The minimum Gasteiger partial charge on any atom is -0.494 e. The highest BCUT2D eigenvalue weighted by Crippen LogP contribution is 2.29. The van der Waals surface area contributed by atoms with E-state index in [0.29, 0.717) is 23.1 Å². The second-order valence-electron chi connectivity index (χ2n) is 8.60. The fraction of sp³-hybridized carbons (Fsp3) is 0.233. The molecule has 0 aliphatic rings. The molecule has 35 heavy (non-hydrogen) atoms. The van der Waals surface area contributed by atoms with Crippen LogP contribution in [0.2, 0.25) is 0 Å². The Morgan fingerprint density at radius 3 is 2.20 bits per heavy atom. The fourth-order valence-corrected chi connectivity index (χ4v) is 4.15. The van der Waals surface area contributed by atoms with Gasteiger partial charge in [0.2, 0.25) is 0 Å². The van der Waals surface area contributed by atoms with E-state index in [0.717, 1.165) is 53.7 Å². The lowest BCUT2D eigenvalue weighted by molar-refractivity contribution is 0.306. The van der Waals surface area contributed by atoms with Crippen LogP contribution in [-0.4, -0.2) is 6.61 Å². The van der Waals surface area contributed by atoms with Crippen molar-refractivity contribution in [2.24, 2.45) is 0 Å². The molecule has 4 aromatic carbocycles. The molecule has 0 amide bonds. The van der Waals surface area contributed by atoms with E-state index in [9.17, 15) is 8.78 Å². The first-order chi connectivity index (χ1) is 17.0. The maximum absolute atomic E-state index is 15.2. The molecule has 0 fully saturated rings. The lowest BCUT2D eigenvalue weighted by Gasteiger charge is -2.10. The Kier molecular flexibility index (Phi) is 7.72. The summed E-state index contributed by atoms with van der Waals surface area (Å²) < 4.78 is 48.7. The summed E-state index contributed by atoms with van der Waals surface area (Å²) in [6.07, 6.45) is 3.89. The monoisotopic (exact) mass is 473 g/mol. The van der Waals surface area contributed by atoms with Crippen LogP contribution in [0, 0.1) is 28.8 Å². The van der Waals surface area contributed by atoms with E-state index < -0.39 is 17.2 Å². The summed E-state index contributed by atoms with van der Waals surface area (Å²) in [6, 6.07) is 20.8. The maximum atomic E-state index is 15.2. The van der Waals surface area contributed by atoms with Gasteiger partial charge in [-0.1, -0.05) is 56.2 Å². The molecule has 178 valence electrons. The number of unbranched alkanes of at least 4 members (excludes halogenated alkanes) is 2. The highest BCUT2D eigenvalue weighted by Gasteiger charge is 2.13. The molecule has 0 spiro atoms. The van der Waals surface area contributed by atoms with Gasteiger partial charge in [-0.2, -0.15) is 5.26 Å². The van der Waals surface area contributed by atoms with Crippen LogP contribution in [0.5, 0.6) is 5.75 Å². The van der Waals surface area contributed by atoms with Crippen LogP contribution in [0.1, 0.15) is 42.9 Å². The van der Waals surface area contributed by atoms with E-state index in [2.05, 4.69) is 6.92 Å². The highest BCUT2D eigenvalue weighted by atomic mass is 19.1. The van der Waals surface area contributed by atoms with Crippen LogP contribution in [-0.2, 0) is 12.8 Å². The van der Waals surface area contributed by atoms with Gasteiger partial charge in [0.05, 0.1) is 6.61 Å². The first kappa shape index (κ1) is 24.3. The Morgan fingerprint density at radius 2 is 1.51 bits per heavy atom. The maximum Gasteiger partial charge on any atom is 0.144 e. The molecular formula is C30H26F3NO. The van der Waals surface area contributed by atoms with E-state index >= 15 is 4.39 Å². The van der Waals surface area contributed by atoms with Crippen LogP contribution in [0.4, 0.5) is 13.2 Å². The Hall–Kier alpha value is -3.78. The van der Waals surface area contributed by atoms with Crippen LogP contribution in [0.15, 0.2) is 66.7 Å². The standard InChI is InChI=1S/C30H26F3NO/c1-2-3-4-15-35-25-12-9-21(10-13-25)23-11-14-26-24(18-23)8-7-22(30(26)33)6-5-20-16-28(31)27(19-34)29(32)17-20/h7-14,16-18H,2-6,15H2,1H3. The molecule has 0 unspecified atom stereocenters. The van der Waals surface area contributed by atoms with Gasteiger partial charge in [0, 0.05) is 5.39 Å². The second-order valence-corrected chi connectivity index (χ2v) is 8.60. The van der Waals surface area contributed by atoms with Crippen molar-refractivity contribution >= 4 is 10.8 Å². The predicted octanol–water partition coefficient (Wildman–Crippen LogP) is 8.15. The third kappa shape index (κ3) is 5.66. The molecule has 0 aliphatic carbocycles. The number of hydrogen-bond donors (Lipinski definition) is 0. The topological polar surface area (TPSA) is 33.0 Å². The van der Waals surface area contributed by atoms with Gasteiger partial charge >= 0.3 is 0 Å². The zero-order chi connectivity index (χ0) is 24.8. The van der Waals surface area contributed by atoms with Crippen LogP contribution in [0.3, 0.4) is 0 Å². The number of benzene rings is 4. The molecule has 0 radical (unpaired) electrons. The zero-order valence-corrected chi connectivity index (χ0v) is 19.6. The van der Waals surface area contributed by atoms with Crippen molar-refractivity contribution in [3.05, 3.63) is 101 Å². The summed E-state index contributed by atoms with van der Waals surface area (Å²) in [6.45, 7) is 2.87. The van der Waals surface area contributed by atoms with Crippen LogP contribution < -0.4 is 4.74 Å². The van der Waals surface area contributed by atoms with Crippen LogP contribution in [0.25, 0.3) is 21.9 Å². The Labute approximate surface area is 203 Å². The van der Waals surface area contributed by atoms with Crippen LogP contribution >= 0.6 is 0 Å². The third-order valence-electron chi connectivity index (χ3n) is 6.14. The molecule has 0 atom stereocenters. The molecule has 5 heteroatoms. The summed E-state index contributed by atoms with van der Waals surface area (Å²) in [5, 5.41) is 10.1. The number of ether oxygens (including phenoxy) is 1. The predicted molar refractivity (Wildman–Crippen MR) is 133 cm³/mol. The smallest absolute Gasteiger partial charge is 0.144 e. The molecule has 2 nitrogen and oxygen atoms in total. The first-order valence-corrected chi connectivity index (χ1v) is 11.8. The van der Waals surface area contributed by atoms with Crippen molar-refractivity contribution in [3.8, 4) is 22.9 Å². The number of hydrogen-bond acceptors (Lipinski definition) is 2. The molecule has 0 saturated heterocycles. The van der Waals surface area contributed by atoms with Gasteiger partial charge in [-0.25, -0.2) is 13.2 Å². The molecular weight excluding hydrogens is 447 g/mol. The summed E-state index contributed by atoms with van der Waals surface area (Å²) in [5.41, 5.74) is 2.25. The minimum absolute atomic E-state index is 0.257. The molecule has 0 aliphatic heterocycles. The fourth-order valence-electron chi connectivity index (χ4n) is 4.15. The van der Waals surface area contributed by atoms with Crippen molar-refractivity contribution in [1.82, 2.24) is 0 Å². The van der Waals surface area contributed by atoms with Crippen molar-refractivity contribution in [2.45, 2.75) is 39.0 Å². The average molecular weight is 474 g/mol. The quantitative estimate of drug-likeness (QED) is 0.230. The Bertz CT molecular complexity index is 1350. The number of nitrogens with zero attached hydrogens (tertiary/aromatic N) is 1. The number of aryl methyl sites for hydroxylation is 2. The summed E-state index contributed by atoms with van der Waals surface area (Å²) in [5.74, 6) is -1.29. The summed E-state index contributed by atoms with van der Waals surface area (Å²) in [4.78, 5) is 0. The van der Waals surface area contributed by atoms with Gasteiger partial charge in [-0.05, 0) is 77.2 Å². The lowest BCUT2D eigenvalue weighted by atomic mass is 9.97. The largest absolute Gasteiger partial charge is 0.494 e. The van der Waals surface area contributed by atoms with Gasteiger partial charge in [0.25, 0.3) is 0 Å². The SMILES string of the molecule is CCCCCOc1ccc(-c2ccc3c(F)c(CCc4cc(F)c(C#N)c(F)c4)ccc3c2)cc1. The number of fused-ring (bicyclic) bond motifs is 1. The van der Waals surface area contributed by atoms with Gasteiger partial charge in [0.1, 0.15) is 34.8 Å². The molecule has 4 rings (SSSR count). The molecule has 0 N–H and O–H groups in total. The normalized spacial score (nSPS) is 10.9. The Balaban J connectivity index is 1.48. The Morgan fingerprint density at radius 1 is 0.800 bits per heavy atom. The van der Waals surface area contributed by atoms with E-state index in [-0.39, 0.29) is 18.7 Å². The molecule has 0 aromatic heterocycles. The van der Waals surface area contributed by atoms with Gasteiger partial charge in [-0.3, -0.25) is 0 Å². The minimum atomic E-state index is -0.898. The summed E-state index contributed by atoms with van der Waals surface area (Å²) in [7, 11) is 0. The number of rotatable bonds is 9. The van der Waals surface area contributed by atoms with E-state index in [1.54, 1.807) is 12.1 Å². The van der Waals surface area contributed by atoms with E-state index in [1.165, 1.54) is 6.07 Å². The van der Waals surface area contributed by atoms with Crippen molar-refractivity contribution < 1.29 is 17.9 Å². The van der Waals surface area contributed by atoms with Gasteiger partial charge in [0.15, 0.2) is 0 Å².